The number of rotatable bonds is 7. The lowest BCUT2D eigenvalue weighted by Crippen LogP contribution is -2.01. The number of carbonyl (C=O) groups is 1. The Kier molecular flexibility index (Phi) is 13.9. The average molecular weight is 610 g/mol. The van der Waals surface area contributed by atoms with E-state index in [4.69, 9.17) is 19.3 Å². The number of aromatic hydroxyl groups is 1. The van der Waals surface area contributed by atoms with Gasteiger partial charge in [-0.15, -0.1) is 0 Å². The maximum Gasteiger partial charge on any atom is 0.188 e. The summed E-state index contributed by atoms with van der Waals surface area (Å²) in [6.45, 7) is 0.191. The summed E-state index contributed by atoms with van der Waals surface area (Å²) in [5.74, 6) is -0.189. The molecule has 0 radical (unpaired) electrons. The van der Waals surface area contributed by atoms with Crippen LogP contribution < -0.4 is 9.47 Å². The first-order valence-electron chi connectivity index (χ1n) is 9.29. The molecule has 0 atom stereocenters. The van der Waals surface area contributed by atoms with Crippen LogP contribution in [0.3, 0.4) is 0 Å². The third kappa shape index (κ3) is 11.0. The van der Waals surface area contributed by atoms with Gasteiger partial charge in [0.25, 0.3) is 0 Å². The van der Waals surface area contributed by atoms with E-state index in [-0.39, 0.29) is 36.5 Å². The molecule has 0 amide bonds. The van der Waals surface area contributed by atoms with Crippen molar-refractivity contribution in [2.45, 2.75) is 0 Å². The monoisotopic (exact) mass is 608 g/mol. The minimum atomic E-state index is -0.466. The topological polar surface area (TPSA) is 74.2 Å². The standard InChI is InChI=1S/C9H9FO3.C8H8BrFO2.C6H4BrFO/c1-12-6-13-9-3-2-8(10)4-7(9)5-11;1-11-5-12-8-3-2-6(10)4-7(8)9;7-5-3-4(8)1-2-6(5)9/h2-5H,6H2,1H3;2-4H,5H2,1H3;1-3,9H. The second kappa shape index (κ2) is 16.1. The number of halogens is 5. The molecule has 11 heteroatoms. The molecule has 0 unspecified atom stereocenters. The Morgan fingerprint density at radius 1 is 0.765 bits per heavy atom. The lowest BCUT2D eigenvalue weighted by Gasteiger charge is -2.06. The fourth-order valence-electron chi connectivity index (χ4n) is 2.06. The van der Waals surface area contributed by atoms with E-state index >= 15 is 0 Å². The summed E-state index contributed by atoms with van der Waals surface area (Å²) in [4.78, 5) is 10.5. The van der Waals surface area contributed by atoms with E-state index in [0.29, 0.717) is 26.7 Å². The van der Waals surface area contributed by atoms with Crippen LogP contribution in [0.25, 0.3) is 0 Å². The van der Waals surface area contributed by atoms with Crippen molar-refractivity contribution < 1.29 is 42.0 Å². The van der Waals surface area contributed by atoms with Gasteiger partial charge in [0.15, 0.2) is 19.9 Å². The Labute approximate surface area is 211 Å². The van der Waals surface area contributed by atoms with Gasteiger partial charge in [0.05, 0.1) is 14.5 Å². The molecule has 0 fully saturated rings. The summed E-state index contributed by atoms with van der Waals surface area (Å²) >= 11 is 6.11. The zero-order chi connectivity index (χ0) is 25.5. The number of methoxy groups -OCH3 is 2. The first-order valence-corrected chi connectivity index (χ1v) is 10.9. The van der Waals surface area contributed by atoms with Crippen LogP contribution in [0.1, 0.15) is 10.4 Å². The molecule has 0 aliphatic carbocycles. The number of carbonyl (C=O) groups excluding carboxylic acids is 1. The Balaban J connectivity index is 0.000000259. The van der Waals surface area contributed by atoms with Crippen molar-refractivity contribution in [2.75, 3.05) is 27.8 Å². The van der Waals surface area contributed by atoms with Gasteiger partial charge in [0, 0.05) is 14.2 Å². The molecule has 1 N–H and O–H groups in total. The van der Waals surface area contributed by atoms with E-state index in [1.807, 2.05) is 0 Å². The number of aldehydes is 1. The maximum atomic E-state index is 12.6. The molecule has 0 spiro atoms. The van der Waals surface area contributed by atoms with E-state index in [2.05, 4.69) is 36.6 Å². The van der Waals surface area contributed by atoms with Gasteiger partial charge in [-0.1, -0.05) is 0 Å². The Hall–Kier alpha value is -2.60. The van der Waals surface area contributed by atoms with Crippen molar-refractivity contribution in [3.8, 4) is 17.2 Å². The molecule has 34 heavy (non-hydrogen) atoms. The Morgan fingerprint density at radius 2 is 1.24 bits per heavy atom. The van der Waals surface area contributed by atoms with Gasteiger partial charge in [-0.2, -0.15) is 0 Å². The van der Waals surface area contributed by atoms with Crippen molar-refractivity contribution in [3.05, 3.63) is 86.6 Å². The van der Waals surface area contributed by atoms with E-state index in [1.54, 1.807) is 6.07 Å². The molecule has 0 bridgehead atoms. The fraction of sp³-hybridized carbons (Fsp3) is 0.174. The number of phenols is 1. The van der Waals surface area contributed by atoms with Gasteiger partial charge < -0.3 is 24.1 Å². The molecule has 3 aromatic carbocycles. The van der Waals surface area contributed by atoms with E-state index in [9.17, 15) is 18.0 Å². The number of phenolic OH excluding ortho intramolecular Hbond substituents is 1. The molecule has 0 heterocycles. The summed E-state index contributed by atoms with van der Waals surface area (Å²) in [6.07, 6.45) is 0.536. The summed E-state index contributed by atoms with van der Waals surface area (Å²) in [5, 5.41) is 8.83. The molecule has 0 saturated heterocycles. The molecule has 184 valence electrons. The number of hydrogen-bond donors (Lipinski definition) is 1. The average Bonchev–Trinajstić information content (AvgIpc) is 2.81. The molecule has 3 rings (SSSR count). The van der Waals surface area contributed by atoms with Crippen LogP contribution in [0.15, 0.2) is 63.5 Å². The summed E-state index contributed by atoms with van der Waals surface area (Å²) in [5.41, 5.74) is 0.178. The molecular weight excluding hydrogens is 589 g/mol. The smallest absolute Gasteiger partial charge is 0.188 e. The van der Waals surface area contributed by atoms with Crippen LogP contribution in [0, 0.1) is 17.5 Å². The molecule has 0 aliphatic rings. The first-order chi connectivity index (χ1) is 16.2. The van der Waals surface area contributed by atoms with Crippen LogP contribution in [0.2, 0.25) is 0 Å². The molecule has 6 nitrogen and oxygen atoms in total. The predicted octanol–water partition coefficient (Wildman–Crippen LogP) is 6.49. The summed E-state index contributed by atoms with van der Waals surface area (Å²) < 4.78 is 57.8. The minimum absolute atomic E-state index is 0.0342. The molecule has 0 aromatic heterocycles. The largest absolute Gasteiger partial charge is 0.507 e. The molecule has 3 aromatic rings. The zero-order valence-corrected chi connectivity index (χ0v) is 21.2. The Morgan fingerprint density at radius 3 is 1.71 bits per heavy atom. The number of hydrogen-bond acceptors (Lipinski definition) is 6. The fourth-order valence-corrected chi connectivity index (χ4v) is 2.88. The normalized spacial score (nSPS) is 9.74. The van der Waals surface area contributed by atoms with Gasteiger partial charge >= 0.3 is 0 Å². The lowest BCUT2D eigenvalue weighted by atomic mass is 10.2. The van der Waals surface area contributed by atoms with Crippen LogP contribution in [0.5, 0.6) is 17.2 Å². The quantitative estimate of drug-likeness (QED) is 0.244. The van der Waals surface area contributed by atoms with Crippen LogP contribution in [-0.2, 0) is 9.47 Å². The Bertz CT molecular complexity index is 1050. The van der Waals surface area contributed by atoms with E-state index in [1.165, 1.54) is 56.7 Å². The van der Waals surface area contributed by atoms with Gasteiger partial charge in [-0.05, 0) is 86.5 Å². The molecular formula is C23H21Br2F3O6. The third-order valence-corrected chi connectivity index (χ3v) is 4.82. The lowest BCUT2D eigenvalue weighted by molar-refractivity contribution is 0.0503. The molecule has 0 saturated carbocycles. The van der Waals surface area contributed by atoms with Gasteiger partial charge in [0.2, 0.25) is 0 Å². The predicted molar refractivity (Wildman–Crippen MR) is 127 cm³/mol. The highest BCUT2D eigenvalue weighted by molar-refractivity contribution is 9.10. The van der Waals surface area contributed by atoms with E-state index < -0.39 is 5.82 Å². The molecule has 0 aliphatic heterocycles. The first kappa shape index (κ1) is 29.4. The van der Waals surface area contributed by atoms with Gasteiger partial charge in [0.1, 0.15) is 34.7 Å². The van der Waals surface area contributed by atoms with Crippen molar-refractivity contribution in [3.63, 3.8) is 0 Å². The van der Waals surface area contributed by atoms with Crippen molar-refractivity contribution in [1.29, 1.82) is 0 Å². The van der Waals surface area contributed by atoms with Gasteiger partial charge in [-0.25, -0.2) is 13.2 Å². The third-order valence-electron chi connectivity index (χ3n) is 3.57. The highest BCUT2D eigenvalue weighted by Crippen LogP contribution is 2.25. The number of benzene rings is 3. The second-order valence-electron chi connectivity index (χ2n) is 6.07. The minimum Gasteiger partial charge on any atom is -0.507 e. The van der Waals surface area contributed by atoms with E-state index in [0.717, 1.165) is 6.07 Å². The van der Waals surface area contributed by atoms with Crippen LogP contribution >= 0.6 is 31.9 Å². The van der Waals surface area contributed by atoms with Gasteiger partial charge in [-0.3, -0.25) is 4.79 Å². The maximum absolute atomic E-state index is 12.6. The number of ether oxygens (including phenoxy) is 4. The summed E-state index contributed by atoms with van der Waals surface area (Å²) in [6, 6.07) is 11.6. The second-order valence-corrected chi connectivity index (χ2v) is 7.78. The highest BCUT2D eigenvalue weighted by atomic mass is 79.9. The van der Waals surface area contributed by atoms with Crippen molar-refractivity contribution >= 4 is 38.1 Å². The van der Waals surface area contributed by atoms with Crippen LogP contribution in [-0.4, -0.2) is 39.2 Å². The van der Waals surface area contributed by atoms with Crippen LogP contribution in [0.4, 0.5) is 13.2 Å². The highest BCUT2D eigenvalue weighted by Gasteiger charge is 2.04. The van der Waals surface area contributed by atoms with Crippen molar-refractivity contribution in [1.82, 2.24) is 0 Å². The SMILES string of the molecule is COCOc1ccc(F)cc1Br.COCOc1ccc(F)cc1C=O.Oc1ccc(F)cc1Br. The zero-order valence-electron chi connectivity index (χ0n) is 18.1. The summed E-state index contributed by atoms with van der Waals surface area (Å²) in [7, 11) is 2.99. The van der Waals surface area contributed by atoms with Crippen molar-refractivity contribution in [2.24, 2.45) is 0 Å².